The van der Waals surface area contributed by atoms with E-state index in [0.717, 1.165) is 11.3 Å². The average Bonchev–Trinajstić information content (AvgIpc) is 2.75. The van der Waals surface area contributed by atoms with Crippen LogP contribution in [0.1, 0.15) is 28.4 Å². The Morgan fingerprint density at radius 2 is 1.61 bits per heavy atom. The van der Waals surface area contributed by atoms with Crippen molar-refractivity contribution in [3.63, 3.8) is 0 Å². The first-order chi connectivity index (χ1) is 14.7. The highest BCUT2D eigenvalue weighted by Crippen LogP contribution is 2.18. The third kappa shape index (κ3) is 6.08. The number of amides is 1. The number of rotatable bonds is 8. The van der Waals surface area contributed by atoms with Crippen LogP contribution in [0.3, 0.4) is 0 Å². The summed E-state index contributed by atoms with van der Waals surface area (Å²) in [6.45, 7) is 6.27. The van der Waals surface area contributed by atoms with Gasteiger partial charge >= 0.3 is 0 Å². The summed E-state index contributed by atoms with van der Waals surface area (Å²) in [5.74, 6) is 0.507. The Labute approximate surface area is 183 Å². The van der Waals surface area contributed by atoms with Crippen LogP contribution in [0.2, 0.25) is 0 Å². The smallest absolute Gasteiger partial charge is 0.261 e. The van der Waals surface area contributed by atoms with Gasteiger partial charge in [0.2, 0.25) is 0 Å². The van der Waals surface area contributed by atoms with E-state index in [2.05, 4.69) is 10.0 Å². The molecule has 0 aliphatic rings. The van der Waals surface area contributed by atoms with Crippen LogP contribution in [-0.4, -0.2) is 27.0 Å². The van der Waals surface area contributed by atoms with E-state index < -0.39 is 10.0 Å². The highest BCUT2D eigenvalue weighted by Gasteiger charge is 2.15. The van der Waals surface area contributed by atoms with Crippen molar-refractivity contribution < 1.29 is 17.9 Å². The molecular formula is C24H26N2O4S. The molecule has 6 nitrogen and oxygen atoms in total. The summed E-state index contributed by atoms with van der Waals surface area (Å²) in [7, 11) is -3.67. The molecule has 0 aliphatic heterocycles. The zero-order valence-corrected chi connectivity index (χ0v) is 18.6. The van der Waals surface area contributed by atoms with Crippen molar-refractivity contribution in [2.24, 2.45) is 0 Å². The first-order valence-corrected chi connectivity index (χ1v) is 11.4. The van der Waals surface area contributed by atoms with Crippen LogP contribution in [0.5, 0.6) is 5.75 Å². The van der Waals surface area contributed by atoms with Gasteiger partial charge in [-0.2, -0.15) is 0 Å². The van der Waals surface area contributed by atoms with Gasteiger partial charge in [0.1, 0.15) is 12.4 Å². The normalized spacial score (nSPS) is 12.1. The molecule has 0 heterocycles. The standard InChI is InChI=1S/C24H26N2O4S/c1-17-9-14-22(15-18(17)2)30-16-19(3)25-24(27)20-10-12-21(13-11-20)26-31(28,29)23-7-5-4-6-8-23/h4-15,19,26H,16H2,1-3H3,(H,25,27)/t19-/m1/s1. The van der Waals surface area contributed by atoms with Crippen LogP contribution in [-0.2, 0) is 10.0 Å². The molecule has 0 fully saturated rings. The molecule has 0 saturated heterocycles. The van der Waals surface area contributed by atoms with Gasteiger partial charge in [-0.05, 0) is 80.4 Å². The second-order valence-corrected chi connectivity index (χ2v) is 9.11. The topological polar surface area (TPSA) is 84.5 Å². The maximum Gasteiger partial charge on any atom is 0.261 e. The number of anilines is 1. The van der Waals surface area contributed by atoms with Crippen molar-refractivity contribution in [2.45, 2.75) is 31.7 Å². The molecule has 0 spiro atoms. The lowest BCUT2D eigenvalue weighted by molar-refractivity contribution is 0.0926. The van der Waals surface area contributed by atoms with Crippen LogP contribution in [0.4, 0.5) is 5.69 Å². The molecule has 0 unspecified atom stereocenters. The lowest BCUT2D eigenvalue weighted by atomic mass is 10.1. The van der Waals surface area contributed by atoms with Crippen LogP contribution >= 0.6 is 0 Å². The minimum absolute atomic E-state index is 0.175. The fourth-order valence-electron chi connectivity index (χ4n) is 2.88. The van der Waals surface area contributed by atoms with Crippen molar-refractivity contribution in [1.82, 2.24) is 5.32 Å². The molecule has 3 aromatic rings. The lowest BCUT2D eigenvalue weighted by Gasteiger charge is -2.16. The molecule has 7 heteroatoms. The number of benzene rings is 3. The minimum Gasteiger partial charge on any atom is -0.491 e. The highest BCUT2D eigenvalue weighted by molar-refractivity contribution is 7.92. The monoisotopic (exact) mass is 438 g/mol. The van der Waals surface area contributed by atoms with Crippen LogP contribution in [0.25, 0.3) is 0 Å². The molecule has 2 N–H and O–H groups in total. The Morgan fingerprint density at radius 3 is 2.26 bits per heavy atom. The summed E-state index contributed by atoms with van der Waals surface area (Å²) in [5.41, 5.74) is 3.16. The van der Waals surface area contributed by atoms with E-state index in [1.807, 2.05) is 39.0 Å². The number of nitrogens with one attached hydrogen (secondary N) is 2. The maximum absolute atomic E-state index is 12.5. The Hall–Kier alpha value is -3.32. The van der Waals surface area contributed by atoms with Gasteiger partial charge in [0.15, 0.2) is 0 Å². The summed E-state index contributed by atoms with van der Waals surface area (Å²) in [6.07, 6.45) is 0. The minimum atomic E-state index is -3.67. The third-order valence-electron chi connectivity index (χ3n) is 4.81. The van der Waals surface area contributed by atoms with Gasteiger partial charge < -0.3 is 10.1 Å². The van der Waals surface area contributed by atoms with Gasteiger partial charge in [0.25, 0.3) is 15.9 Å². The number of carbonyl (C=O) groups excluding carboxylic acids is 1. The van der Waals surface area contributed by atoms with E-state index in [4.69, 9.17) is 4.74 Å². The zero-order valence-electron chi connectivity index (χ0n) is 17.8. The Balaban J connectivity index is 1.55. The number of ether oxygens (including phenoxy) is 1. The van der Waals surface area contributed by atoms with E-state index in [1.165, 1.54) is 17.7 Å². The quantitative estimate of drug-likeness (QED) is 0.549. The first kappa shape index (κ1) is 22.4. The zero-order chi connectivity index (χ0) is 22.4. The second kappa shape index (κ2) is 9.66. The molecule has 0 saturated carbocycles. The van der Waals surface area contributed by atoms with Crippen molar-refractivity contribution in [2.75, 3.05) is 11.3 Å². The largest absolute Gasteiger partial charge is 0.491 e. The molecule has 31 heavy (non-hydrogen) atoms. The van der Waals surface area contributed by atoms with Gasteiger partial charge in [0, 0.05) is 11.3 Å². The van der Waals surface area contributed by atoms with E-state index in [1.54, 1.807) is 42.5 Å². The summed E-state index contributed by atoms with van der Waals surface area (Å²) in [4.78, 5) is 12.7. The van der Waals surface area contributed by atoms with Crippen LogP contribution < -0.4 is 14.8 Å². The fraction of sp³-hybridized carbons (Fsp3) is 0.208. The van der Waals surface area contributed by atoms with E-state index >= 15 is 0 Å². The predicted octanol–water partition coefficient (Wildman–Crippen LogP) is 4.30. The first-order valence-electron chi connectivity index (χ1n) is 9.93. The number of hydrogen-bond acceptors (Lipinski definition) is 4. The Kier molecular flexibility index (Phi) is 6.97. The second-order valence-electron chi connectivity index (χ2n) is 7.43. The van der Waals surface area contributed by atoms with Crippen LogP contribution in [0, 0.1) is 13.8 Å². The predicted molar refractivity (Wildman–Crippen MR) is 122 cm³/mol. The SMILES string of the molecule is Cc1ccc(OC[C@@H](C)NC(=O)c2ccc(NS(=O)(=O)c3ccccc3)cc2)cc1C. The van der Waals surface area contributed by atoms with Crippen molar-refractivity contribution in [3.8, 4) is 5.75 Å². The maximum atomic E-state index is 12.5. The summed E-state index contributed by atoms with van der Waals surface area (Å²) in [6, 6.07) is 20.1. The molecule has 0 aromatic heterocycles. The van der Waals surface area contributed by atoms with E-state index in [0.29, 0.717) is 17.9 Å². The third-order valence-corrected chi connectivity index (χ3v) is 6.21. The van der Waals surface area contributed by atoms with Crippen molar-refractivity contribution >= 4 is 21.6 Å². The molecule has 3 rings (SSSR count). The molecular weight excluding hydrogens is 412 g/mol. The number of hydrogen-bond donors (Lipinski definition) is 2. The lowest BCUT2D eigenvalue weighted by Crippen LogP contribution is -2.36. The number of sulfonamides is 1. The number of aryl methyl sites for hydroxylation is 2. The molecule has 0 bridgehead atoms. The molecule has 0 aliphatic carbocycles. The van der Waals surface area contributed by atoms with Gasteiger partial charge in [-0.15, -0.1) is 0 Å². The Bertz CT molecular complexity index is 1140. The molecule has 1 atom stereocenters. The molecule has 1 amide bonds. The highest BCUT2D eigenvalue weighted by atomic mass is 32.2. The van der Waals surface area contributed by atoms with E-state index in [9.17, 15) is 13.2 Å². The summed E-state index contributed by atoms with van der Waals surface area (Å²) < 4.78 is 33.1. The molecule has 0 radical (unpaired) electrons. The summed E-state index contributed by atoms with van der Waals surface area (Å²) in [5, 5.41) is 2.88. The summed E-state index contributed by atoms with van der Waals surface area (Å²) >= 11 is 0. The Morgan fingerprint density at radius 1 is 0.935 bits per heavy atom. The van der Waals surface area contributed by atoms with Crippen molar-refractivity contribution in [3.05, 3.63) is 89.5 Å². The molecule has 162 valence electrons. The van der Waals surface area contributed by atoms with Gasteiger partial charge in [0.05, 0.1) is 10.9 Å². The van der Waals surface area contributed by atoms with Gasteiger partial charge in [-0.25, -0.2) is 8.42 Å². The van der Waals surface area contributed by atoms with Crippen molar-refractivity contribution in [1.29, 1.82) is 0 Å². The number of carbonyl (C=O) groups is 1. The van der Waals surface area contributed by atoms with E-state index in [-0.39, 0.29) is 16.8 Å². The average molecular weight is 439 g/mol. The van der Waals surface area contributed by atoms with Gasteiger partial charge in [-0.3, -0.25) is 9.52 Å². The van der Waals surface area contributed by atoms with Crippen LogP contribution in [0.15, 0.2) is 77.7 Å². The molecule has 3 aromatic carbocycles. The fourth-order valence-corrected chi connectivity index (χ4v) is 3.96. The van der Waals surface area contributed by atoms with Gasteiger partial charge in [-0.1, -0.05) is 24.3 Å².